The summed E-state index contributed by atoms with van der Waals surface area (Å²) in [6.07, 6.45) is 7.02. The Kier molecular flexibility index (Phi) is 3.84. The molecule has 2 aliphatic carbocycles. The predicted octanol–water partition coefficient (Wildman–Crippen LogP) is 4.10. The molecular weight excluding hydrogens is 224 g/mol. The summed E-state index contributed by atoms with van der Waals surface area (Å²) in [5.74, 6) is 2.15. The molecule has 2 bridgehead atoms. The molecule has 0 spiro atoms. The zero-order chi connectivity index (χ0) is 13.3. The molecule has 0 heterocycles. The first-order valence-electron chi connectivity index (χ1n) is 7.33. The lowest BCUT2D eigenvalue weighted by molar-refractivity contribution is -0.165. The lowest BCUT2D eigenvalue weighted by Crippen LogP contribution is -2.45. The Bertz CT molecular complexity index is 327. The highest BCUT2D eigenvalue weighted by atomic mass is 16.6. The third kappa shape index (κ3) is 2.78. The van der Waals surface area contributed by atoms with Crippen molar-refractivity contribution in [2.24, 2.45) is 17.8 Å². The fourth-order valence-corrected chi connectivity index (χ4v) is 4.09. The Morgan fingerprint density at radius 3 is 2.28 bits per heavy atom. The summed E-state index contributed by atoms with van der Waals surface area (Å²) in [5, 5.41) is 0. The number of carbonyl (C=O) groups excluding carboxylic acids is 1. The van der Waals surface area contributed by atoms with Crippen LogP contribution in [0.3, 0.4) is 0 Å². The molecule has 18 heavy (non-hydrogen) atoms. The minimum atomic E-state index is -0.205. The van der Waals surface area contributed by atoms with Gasteiger partial charge in [0.15, 0.2) is 0 Å². The van der Waals surface area contributed by atoms with Crippen molar-refractivity contribution in [2.45, 2.75) is 64.9 Å². The summed E-state index contributed by atoms with van der Waals surface area (Å²) in [6.45, 7) is 9.94. The van der Waals surface area contributed by atoms with E-state index >= 15 is 0 Å². The van der Waals surface area contributed by atoms with Crippen LogP contribution in [0.25, 0.3) is 0 Å². The summed E-state index contributed by atoms with van der Waals surface area (Å²) in [4.78, 5) is 11.8. The Morgan fingerprint density at radius 2 is 1.83 bits per heavy atom. The molecule has 2 aliphatic rings. The molecule has 0 radical (unpaired) electrons. The normalized spacial score (nSPS) is 39.2. The number of ether oxygens (including phenoxy) is 1. The quantitative estimate of drug-likeness (QED) is 0.557. The van der Waals surface area contributed by atoms with E-state index in [4.69, 9.17) is 4.74 Å². The summed E-state index contributed by atoms with van der Waals surface area (Å²) < 4.78 is 5.82. The molecule has 0 aromatic heterocycles. The van der Waals surface area contributed by atoms with Crippen molar-refractivity contribution < 1.29 is 9.53 Å². The van der Waals surface area contributed by atoms with Crippen LogP contribution in [0.2, 0.25) is 0 Å². The van der Waals surface area contributed by atoms with E-state index in [0.717, 1.165) is 37.0 Å². The van der Waals surface area contributed by atoms with Gasteiger partial charge in [0, 0.05) is 5.57 Å². The zero-order valence-electron chi connectivity index (χ0n) is 12.0. The topological polar surface area (TPSA) is 26.3 Å². The number of carbonyl (C=O) groups is 1. The molecule has 0 aromatic carbocycles. The largest absolute Gasteiger partial charge is 0.456 e. The van der Waals surface area contributed by atoms with Gasteiger partial charge in [-0.1, -0.05) is 20.4 Å². The van der Waals surface area contributed by atoms with Crippen LogP contribution in [0.1, 0.15) is 59.3 Å². The average molecular weight is 250 g/mol. The maximum Gasteiger partial charge on any atom is 0.333 e. The molecule has 2 atom stereocenters. The first-order chi connectivity index (χ1) is 8.44. The molecule has 2 heteroatoms. The highest BCUT2D eigenvalue weighted by Gasteiger charge is 2.45. The third-order valence-electron chi connectivity index (χ3n) is 4.76. The molecule has 0 amide bonds. The second-order valence-corrected chi connectivity index (χ2v) is 6.66. The van der Waals surface area contributed by atoms with Crippen molar-refractivity contribution in [1.29, 1.82) is 0 Å². The van der Waals surface area contributed by atoms with E-state index in [1.54, 1.807) is 6.92 Å². The van der Waals surface area contributed by atoms with Crippen LogP contribution < -0.4 is 0 Å². The molecule has 0 N–H and O–H groups in total. The van der Waals surface area contributed by atoms with Crippen LogP contribution in [0.5, 0.6) is 0 Å². The summed E-state index contributed by atoms with van der Waals surface area (Å²) in [5.41, 5.74) is 0.316. The first kappa shape index (κ1) is 13.6. The fourth-order valence-electron chi connectivity index (χ4n) is 4.09. The minimum Gasteiger partial charge on any atom is -0.456 e. The molecule has 2 saturated carbocycles. The smallest absolute Gasteiger partial charge is 0.333 e. The lowest BCUT2D eigenvalue weighted by atomic mass is 9.62. The summed E-state index contributed by atoms with van der Waals surface area (Å²) in [7, 11) is 0. The van der Waals surface area contributed by atoms with Crippen LogP contribution in [0, 0.1) is 17.8 Å². The van der Waals surface area contributed by atoms with E-state index in [1.807, 2.05) is 0 Å². The number of fused-ring (bicyclic) bond motifs is 2. The van der Waals surface area contributed by atoms with E-state index in [1.165, 1.54) is 19.3 Å². The highest BCUT2D eigenvalue weighted by Crippen LogP contribution is 2.49. The minimum absolute atomic E-state index is 0.204. The zero-order valence-corrected chi connectivity index (χ0v) is 12.0. The molecule has 102 valence electrons. The second-order valence-electron chi connectivity index (χ2n) is 6.66. The molecular formula is C16H26O2. The maximum absolute atomic E-state index is 11.8. The number of hydrogen-bond donors (Lipinski definition) is 0. The maximum atomic E-state index is 11.8. The van der Waals surface area contributed by atoms with Crippen molar-refractivity contribution >= 4 is 5.97 Å². The van der Waals surface area contributed by atoms with Crippen LogP contribution in [0.15, 0.2) is 12.2 Å². The van der Waals surface area contributed by atoms with Crippen LogP contribution in [-0.2, 0) is 9.53 Å². The van der Waals surface area contributed by atoms with Gasteiger partial charge in [-0.3, -0.25) is 0 Å². The van der Waals surface area contributed by atoms with Gasteiger partial charge >= 0.3 is 5.97 Å². The molecule has 2 nitrogen and oxygen atoms in total. The van der Waals surface area contributed by atoms with Crippen molar-refractivity contribution in [3.8, 4) is 0 Å². The number of esters is 1. The Labute approximate surface area is 111 Å². The standard InChI is InChI=1S/C16H26O2/c1-5-16(18-15(17)11(2)3)9-13-6-12(4)7-14(8-13)10-16/h12-14H,2,5-10H2,1,3-4H3. The molecule has 0 saturated heterocycles. The lowest BCUT2D eigenvalue weighted by Gasteiger charge is -2.47. The number of rotatable bonds is 3. The SMILES string of the molecule is C=C(C)C(=O)OC1(CC)CC2CC(C)CC(C2)C1. The van der Waals surface area contributed by atoms with E-state index in [-0.39, 0.29) is 11.6 Å². The molecule has 2 rings (SSSR count). The van der Waals surface area contributed by atoms with Crippen LogP contribution in [-0.4, -0.2) is 11.6 Å². The van der Waals surface area contributed by atoms with Crippen molar-refractivity contribution in [2.75, 3.05) is 0 Å². The van der Waals surface area contributed by atoms with Gasteiger partial charge in [0.2, 0.25) is 0 Å². The van der Waals surface area contributed by atoms with Crippen molar-refractivity contribution in [3.05, 3.63) is 12.2 Å². The second kappa shape index (κ2) is 5.07. The van der Waals surface area contributed by atoms with E-state index in [2.05, 4.69) is 20.4 Å². The van der Waals surface area contributed by atoms with Crippen molar-refractivity contribution in [1.82, 2.24) is 0 Å². The average Bonchev–Trinajstić information content (AvgIpc) is 2.27. The monoisotopic (exact) mass is 250 g/mol. The number of hydrogen-bond acceptors (Lipinski definition) is 2. The molecule has 0 aliphatic heterocycles. The fraction of sp³-hybridized carbons (Fsp3) is 0.812. The molecule has 2 unspecified atom stereocenters. The van der Waals surface area contributed by atoms with Gasteiger partial charge in [-0.2, -0.15) is 0 Å². The highest BCUT2D eigenvalue weighted by molar-refractivity contribution is 5.87. The van der Waals surface area contributed by atoms with Gasteiger partial charge in [-0.25, -0.2) is 4.79 Å². The van der Waals surface area contributed by atoms with Crippen LogP contribution in [0.4, 0.5) is 0 Å². The van der Waals surface area contributed by atoms with Crippen LogP contribution >= 0.6 is 0 Å². The van der Waals surface area contributed by atoms with Gasteiger partial charge in [0.1, 0.15) is 5.60 Å². The first-order valence-corrected chi connectivity index (χ1v) is 7.33. The predicted molar refractivity (Wildman–Crippen MR) is 73.2 cm³/mol. The molecule has 2 fully saturated rings. The van der Waals surface area contributed by atoms with Gasteiger partial charge in [0.25, 0.3) is 0 Å². The van der Waals surface area contributed by atoms with E-state index < -0.39 is 0 Å². The van der Waals surface area contributed by atoms with E-state index in [0.29, 0.717) is 5.57 Å². The van der Waals surface area contributed by atoms with Crippen molar-refractivity contribution in [3.63, 3.8) is 0 Å². The van der Waals surface area contributed by atoms with Gasteiger partial charge in [-0.15, -0.1) is 0 Å². The summed E-state index contributed by atoms with van der Waals surface area (Å²) in [6, 6.07) is 0. The molecule has 0 aromatic rings. The van der Waals surface area contributed by atoms with Gasteiger partial charge in [0.05, 0.1) is 0 Å². The van der Waals surface area contributed by atoms with Gasteiger partial charge < -0.3 is 4.74 Å². The van der Waals surface area contributed by atoms with Gasteiger partial charge in [-0.05, 0) is 63.2 Å². The Balaban J connectivity index is 2.09. The summed E-state index contributed by atoms with van der Waals surface area (Å²) >= 11 is 0. The van der Waals surface area contributed by atoms with E-state index in [9.17, 15) is 4.79 Å². The Hall–Kier alpha value is -0.790. The Morgan fingerprint density at radius 1 is 1.28 bits per heavy atom. The third-order valence-corrected chi connectivity index (χ3v) is 4.76.